The van der Waals surface area contributed by atoms with Crippen LogP contribution in [0.25, 0.3) is 33.5 Å². The van der Waals surface area contributed by atoms with Gasteiger partial charge < -0.3 is 20.5 Å². The van der Waals surface area contributed by atoms with E-state index >= 15 is 0 Å². The van der Waals surface area contributed by atoms with E-state index in [-0.39, 0.29) is 17.5 Å². The average molecular weight is 503 g/mol. The largest absolute Gasteiger partial charge is 0.493 e. The molecule has 3 aliphatic rings. The Kier molecular flexibility index (Phi) is 4.90. The summed E-state index contributed by atoms with van der Waals surface area (Å²) in [4.78, 5) is 37.7. The number of aromatic nitrogens is 5. The van der Waals surface area contributed by atoms with Crippen LogP contribution < -0.4 is 15.4 Å². The molecule has 3 N–H and O–H groups in total. The number of fused-ring (bicyclic) bond motifs is 1. The highest BCUT2D eigenvalue weighted by Crippen LogP contribution is 2.67. The van der Waals surface area contributed by atoms with Crippen molar-refractivity contribution in [1.82, 2.24) is 30.0 Å². The number of halogens is 1. The van der Waals surface area contributed by atoms with Gasteiger partial charge in [0.25, 0.3) is 0 Å². The van der Waals surface area contributed by atoms with Crippen molar-refractivity contribution in [2.45, 2.75) is 24.8 Å². The summed E-state index contributed by atoms with van der Waals surface area (Å²) in [6, 6.07) is 7.69. The van der Waals surface area contributed by atoms with Gasteiger partial charge in [-0.05, 0) is 43.5 Å². The zero-order valence-corrected chi connectivity index (χ0v) is 19.9. The van der Waals surface area contributed by atoms with Gasteiger partial charge in [0.15, 0.2) is 11.6 Å². The van der Waals surface area contributed by atoms with Crippen molar-refractivity contribution < 1.29 is 23.8 Å². The lowest BCUT2D eigenvalue weighted by atomic mass is 9.39. The van der Waals surface area contributed by atoms with Gasteiger partial charge in [-0.15, -0.1) is 0 Å². The zero-order chi connectivity index (χ0) is 25.9. The van der Waals surface area contributed by atoms with Crippen LogP contribution >= 0.6 is 0 Å². The SMILES string of the molecule is COc1cc2ncnc(-c3cn(C)nc3-c3ccc(F)cc3)c2nc1NC(=O)C12CC(NC(=O)O)(C1)C2. The fourth-order valence-corrected chi connectivity index (χ4v) is 5.52. The van der Waals surface area contributed by atoms with Crippen LogP contribution in [0.15, 0.2) is 42.9 Å². The van der Waals surface area contributed by atoms with Gasteiger partial charge >= 0.3 is 6.09 Å². The summed E-state index contributed by atoms with van der Waals surface area (Å²) in [5, 5.41) is 18.9. The molecular formula is C25H22FN7O4. The predicted molar refractivity (Wildman–Crippen MR) is 130 cm³/mol. The highest BCUT2D eigenvalue weighted by atomic mass is 19.1. The third kappa shape index (κ3) is 3.63. The highest BCUT2D eigenvalue weighted by Gasteiger charge is 2.72. The van der Waals surface area contributed by atoms with Crippen LogP contribution in [0.5, 0.6) is 5.75 Å². The number of ether oxygens (including phenoxy) is 1. The molecule has 0 radical (unpaired) electrons. The molecule has 7 rings (SSSR count). The Hall–Kier alpha value is -4.61. The third-order valence-corrected chi connectivity index (χ3v) is 7.11. The number of hydrogen-bond acceptors (Lipinski definition) is 7. The normalized spacial score (nSPS) is 21.6. The summed E-state index contributed by atoms with van der Waals surface area (Å²) in [5.41, 5.74) is 2.25. The maximum Gasteiger partial charge on any atom is 0.405 e. The number of hydrogen-bond donors (Lipinski definition) is 3. The first-order chi connectivity index (χ1) is 17.7. The Morgan fingerprint density at radius 1 is 1.14 bits per heavy atom. The molecule has 0 unspecified atom stereocenters. The fraction of sp³-hybridized carbons (Fsp3) is 0.280. The molecule has 4 aromatic rings. The first kappa shape index (κ1) is 22.8. The number of nitrogens with one attached hydrogen (secondary N) is 2. The molecule has 3 aliphatic carbocycles. The molecule has 3 fully saturated rings. The topological polar surface area (TPSA) is 144 Å². The van der Waals surface area contributed by atoms with E-state index in [4.69, 9.17) is 9.84 Å². The third-order valence-electron chi connectivity index (χ3n) is 7.11. The van der Waals surface area contributed by atoms with E-state index < -0.39 is 17.0 Å². The van der Waals surface area contributed by atoms with E-state index in [1.54, 1.807) is 36.1 Å². The molecule has 2 bridgehead atoms. The maximum absolute atomic E-state index is 13.5. The predicted octanol–water partition coefficient (Wildman–Crippen LogP) is 3.37. The fourth-order valence-electron chi connectivity index (χ4n) is 5.52. The smallest absolute Gasteiger partial charge is 0.405 e. The summed E-state index contributed by atoms with van der Waals surface area (Å²) < 4.78 is 20.6. The monoisotopic (exact) mass is 503 g/mol. The minimum absolute atomic E-state index is 0.216. The van der Waals surface area contributed by atoms with Crippen LogP contribution in [0.1, 0.15) is 19.3 Å². The Morgan fingerprint density at radius 2 is 1.86 bits per heavy atom. The summed E-state index contributed by atoms with van der Waals surface area (Å²) >= 11 is 0. The number of carbonyl (C=O) groups excluding carboxylic acids is 1. The Balaban J connectivity index is 1.37. The highest BCUT2D eigenvalue weighted by molar-refractivity contribution is 6.01. The van der Waals surface area contributed by atoms with E-state index in [2.05, 4.69) is 30.7 Å². The molecule has 12 heteroatoms. The Labute approximate surface area is 209 Å². The summed E-state index contributed by atoms with van der Waals surface area (Å²) in [7, 11) is 3.25. The van der Waals surface area contributed by atoms with Gasteiger partial charge in [-0.3, -0.25) is 9.48 Å². The number of aryl methyl sites for hydroxylation is 1. The number of carboxylic acid groups (broad SMARTS) is 1. The van der Waals surface area contributed by atoms with Crippen LogP contribution in [0.3, 0.4) is 0 Å². The van der Waals surface area contributed by atoms with Crippen molar-refractivity contribution >= 4 is 28.9 Å². The second-order valence-corrected chi connectivity index (χ2v) is 9.68. The van der Waals surface area contributed by atoms with E-state index in [9.17, 15) is 14.0 Å². The van der Waals surface area contributed by atoms with Crippen molar-refractivity contribution in [3.05, 3.63) is 48.7 Å². The average Bonchev–Trinajstić information content (AvgIpc) is 3.21. The summed E-state index contributed by atoms with van der Waals surface area (Å²) in [6.45, 7) is 0. The van der Waals surface area contributed by atoms with E-state index in [0.717, 1.165) is 0 Å². The van der Waals surface area contributed by atoms with Gasteiger partial charge in [-0.2, -0.15) is 5.10 Å². The molecule has 188 valence electrons. The van der Waals surface area contributed by atoms with Gasteiger partial charge in [0.1, 0.15) is 29.0 Å². The first-order valence-electron chi connectivity index (χ1n) is 11.5. The lowest BCUT2D eigenvalue weighted by Gasteiger charge is -2.68. The van der Waals surface area contributed by atoms with Crippen molar-refractivity contribution in [3.8, 4) is 28.3 Å². The standard InChI is InChI=1S/C25H22FN7O4/c1-33-8-15(18(32-33)13-3-5-14(26)6-4-13)19-20-16(27-12-28-19)7-17(37-2)21(29-20)30-22(34)24-9-25(10-24,11-24)31-23(35)36/h3-8,12,31H,9-11H2,1-2H3,(H,35,36)(H,29,30,34). The second kappa shape index (κ2) is 7.95. The van der Waals surface area contributed by atoms with E-state index in [1.165, 1.54) is 25.6 Å². The lowest BCUT2D eigenvalue weighted by Crippen LogP contribution is -2.77. The Morgan fingerprint density at radius 3 is 2.54 bits per heavy atom. The van der Waals surface area contributed by atoms with Crippen molar-refractivity contribution in [1.29, 1.82) is 0 Å². The molecule has 0 aliphatic heterocycles. The second-order valence-electron chi connectivity index (χ2n) is 9.68. The number of carbonyl (C=O) groups is 2. The first-order valence-corrected chi connectivity index (χ1v) is 11.5. The molecule has 3 aromatic heterocycles. The number of amides is 2. The van der Waals surface area contributed by atoms with Crippen molar-refractivity contribution in [2.24, 2.45) is 12.5 Å². The number of methoxy groups -OCH3 is 1. The number of anilines is 1. The molecule has 2 amide bonds. The zero-order valence-electron chi connectivity index (χ0n) is 19.9. The van der Waals surface area contributed by atoms with E-state index in [0.29, 0.717) is 58.6 Å². The number of nitrogens with zero attached hydrogens (tertiary/aromatic N) is 5. The lowest BCUT2D eigenvalue weighted by molar-refractivity contribution is -0.173. The molecule has 11 nitrogen and oxygen atoms in total. The maximum atomic E-state index is 13.5. The van der Waals surface area contributed by atoms with Crippen molar-refractivity contribution in [2.75, 3.05) is 12.4 Å². The molecule has 0 saturated heterocycles. The summed E-state index contributed by atoms with van der Waals surface area (Å²) in [6.07, 6.45) is 3.45. The molecule has 0 spiro atoms. The minimum Gasteiger partial charge on any atom is -0.493 e. The van der Waals surface area contributed by atoms with Crippen LogP contribution in [0.4, 0.5) is 15.0 Å². The van der Waals surface area contributed by atoms with Gasteiger partial charge in [0.2, 0.25) is 5.91 Å². The molecule has 1 aromatic carbocycles. The van der Waals surface area contributed by atoms with Gasteiger partial charge in [-0.25, -0.2) is 24.1 Å². The van der Waals surface area contributed by atoms with E-state index in [1.807, 2.05) is 0 Å². The van der Waals surface area contributed by atoms with Gasteiger partial charge in [-0.1, -0.05) is 0 Å². The van der Waals surface area contributed by atoms with Crippen LogP contribution in [0, 0.1) is 11.2 Å². The Bertz CT molecular complexity index is 1560. The summed E-state index contributed by atoms with van der Waals surface area (Å²) in [5.74, 6) is -0.0385. The number of benzene rings is 1. The molecule has 0 atom stereocenters. The minimum atomic E-state index is -1.09. The molecule has 3 saturated carbocycles. The van der Waals surface area contributed by atoms with Gasteiger partial charge in [0.05, 0.1) is 18.0 Å². The van der Waals surface area contributed by atoms with Crippen molar-refractivity contribution in [3.63, 3.8) is 0 Å². The molecule has 3 heterocycles. The van der Waals surface area contributed by atoms with Gasteiger partial charge in [0, 0.05) is 36.0 Å². The van der Waals surface area contributed by atoms with Crippen LogP contribution in [-0.4, -0.2) is 54.5 Å². The quantitative estimate of drug-likeness (QED) is 0.363. The molecule has 37 heavy (non-hydrogen) atoms. The number of pyridine rings is 1. The molecular weight excluding hydrogens is 481 g/mol. The number of rotatable bonds is 6. The van der Waals surface area contributed by atoms with Crippen LogP contribution in [-0.2, 0) is 11.8 Å². The van der Waals surface area contributed by atoms with Crippen LogP contribution in [0.2, 0.25) is 0 Å².